The number of ether oxygens (including phenoxy) is 1. The van der Waals surface area contributed by atoms with Gasteiger partial charge in [-0.25, -0.2) is 0 Å². The van der Waals surface area contributed by atoms with Gasteiger partial charge in [-0.15, -0.1) is 0 Å². The number of aromatic amines is 1. The van der Waals surface area contributed by atoms with Crippen molar-refractivity contribution in [2.75, 3.05) is 18.2 Å². The first-order chi connectivity index (χ1) is 12.1. The minimum Gasteiger partial charge on any atom is -0.758 e. The Kier molecular flexibility index (Phi) is 3.92. The van der Waals surface area contributed by atoms with E-state index in [1.54, 1.807) is 0 Å². The highest BCUT2D eigenvalue weighted by Crippen LogP contribution is 2.43. The summed E-state index contributed by atoms with van der Waals surface area (Å²) in [6, 6.07) is 8.04. The predicted octanol–water partition coefficient (Wildman–Crippen LogP) is 5.53. The molecule has 1 aromatic heterocycles. The lowest BCUT2D eigenvalue weighted by Gasteiger charge is -2.31. The SMILES string of the molecule is C=C1CN([O-])c2cc(OCCCCC)cc3[nH]c4c(C)ccc1c4c23. The number of aryl methyl sites for hydroxylation is 1. The maximum atomic E-state index is 12.7. The Morgan fingerprint density at radius 3 is 2.88 bits per heavy atom. The first kappa shape index (κ1) is 16.0. The second-order valence-corrected chi connectivity index (χ2v) is 6.87. The van der Waals surface area contributed by atoms with Gasteiger partial charge in [0.1, 0.15) is 5.75 Å². The van der Waals surface area contributed by atoms with Gasteiger partial charge >= 0.3 is 0 Å². The molecule has 4 heteroatoms. The van der Waals surface area contributed by atoms with Crippen molar-refractivity contribution in [3.8, 4) is 5.75 Å². The van der Waals surface area contributed by atoms with E-state index >= 15 is 0 Å². The molecular weight excluding hydrogens is 312 g/mol. The van der Waals surface area contributed by atoms with Crippen molar-refractivity contribution in [2.45, 2.75) is 33.1 Å². The van der Waals surface area contributed by atoms with Crippen molar-refractivity contribution in [3.05, 3.63) is 47.2 Å². The fraction of sp³-hybridized carbons (Fsp3) is 0.333. The third-order valence-electron chi connectivity index (χ3n) is 5.02. The van der Waals surface area contributed by atoms with Crippen LogP contribution in [0.1, 0.15) is 37.3 Å². The molecule has 0 saturated carbocycles. The van der Waals surface area contributed by atoms with Crippen molar-refractivity contribution in [1.82, 2.24) is 4.98 Å². The van der Waals surface area contributed by atoms with Gasteiger partial charge in [0.05, 0.1) is 17.6 Å². The van der Waals surface area contributed by atoms with Crippen LogP contribution in [0.2, 0.25) is 0 Å². The molecule has 0 amide bonds. The summed E-state index contributed by atoms with van der Waals surface area (Å²) in [4.78, 5) is 3.49. The van der Waals surface area contributed by atoms with Crippen molar-refractivity contribution in [3.63, 3.8) is 0 Å². The normalized spacial score (nSPS) is 13.9. The predicted molar refractivity (Wildman–Crippen MR) is 105 cm³/mol. The summed E-state index contributed by atoms with van der Waals surface area (Å²) in [6.45, 7) is 9.34. The van der Waals surface area contributed by atoms with E-state index in [1.165, 1.54) is 5.56 Å². The van der Waals surface area contributed by atoms with E-state index in [-0.39, 0.29) is 6.54 Å². The van der Waals surface area contributed by atoms with E-state index in [9.17, 15) is 5.21 Å². The van der Waals surface area contributed by atoms with E-state index in [4.69, 9.17) is 4.74 Å². The lowest BCUT2D eigenvalue weighted by molar-refractivity contribution is 0.306. The number of hydroxylamine groups is 1. The fourth-order valence-corrected chi connectivity index (χ4v) is 3.69. The third-order valence-corrected chi connectivity index (χ3v) is 5.02. The molecule has 1 aliphatic heterocycles. The van der Waals surface area contributed by atoms with Gasteiger partial charge in [-0.3, -0.25) is 0 Å². The van der Waals surface area contributed by atoms with Crippen LogP contribution >= 0.6 is 0 Å². The maximum absolute atomic E-state index is 12.7. The van der Waals surface area contributed by atoms with Crippen LogP contribution < -0.4 is 9.80 Å². The summed E-state index contributed by atoms with van der Waals surface area (Å²) >= 11 is 0. The van der Waals surface area contributed by atoms with Crippen LogP contribution in [-0.4, -0.2) is 18.1 Å². The molecule has 2 aromatic carbocycles. The van der Waals surface area contributed by atoms with E-state index in [1.807, 2.05) is 12.1 Å². The highest BCUT2D eigenvalue weighted by atomic mass is 16.5. The Labute approximate surface area is 147 Å². The lowest BCUT2D eigenvalue weighted by Crippen LogP contribution is -2.16. The molecule has 4 nitrogen and oxygen atoms in total. The van der Waals surface area contributed by atoms with Gasteiger partial charge in [0.2, 0.25) is 0 Å². The van der Waals surface area contributed by atoms with Gasteiger partial charge in [-0.05, 0) is 30.0 Å². The molecule has 4 rings (SSSR count). The molecule has 0 fully saturated rings. The van der Waals surface area contributed by atoms with Crippen molar-refractivity contribution >= 4 is 33.1 Å². The molecular formula is C21H23N2O2-. The van der Waals surface area contributed by atoms with Gasteiger partial charge in [0.15, 0.2) is 0 Å². The molecule has 0 atom stereocenters. The number of H-pyrrole nitrogens is 1. The van der Waals surface area contributed by atoms with Crippen LogP contribution in [0.15, 0.2) is 30.8 Å². The molecule has 1 N–H and O–H groups in total. The molecule has 0 spiro atoms. The lowest BCUT2D eigenvalue weighted by atomic mass is 9.99. The molecule has 0 bridgehead atoms. The van der Waals surface area contributed by atoms with E-state index in [2.05, 4.69) is 37.5 Å². The Balaban J connectivity index is 1.90. The Morgan fingerprint density at radius 1 is 1.24 bits per heavy atom. The van der Waals surface area contributed by atoms with E-state index in [0.29, 0.717) is 12.3 Å². The van der Waals surface area contributed by atoms with Gasteiger partial charge in [-0.2, -0.15) is 0 Å². The monoisotopic (exact) mass is 335 g/mol. The smallest absolute Gasteiger partial charge is 0.123 e. The Morgan fingerprint density at radius 2 is 2.08 bits per heavy atom. The van der Waals surface area contributed by atoms with Crippen LogP contribution in [0.5, 0.6) is 5.75 Å². The largest absolute Gasteiger partial charge is 0.758 e. The standard InChI is InChI=1S/C21H23N2O2/c1-4-5-6-9-25-15-10-17-20-18(11-15)23(24)12-14(3)16-8-7-13(2)21(22-17)19(16)20/h7-8,10-11,22H,3-6,9,12H2,1-2H3/q-1. The fourth-order valence-electron chi connectivity index (χ4n) is 3.69. The molecule has 2 heterocycles. The zero-order chi connectivity index (χ0) is 17.6. The Bertz CT molecular complexity index is 971. The summed E-state index contributed by atoms with van der Waals surface area (Å²) in [6.07, 6.45) is 3.34. The average molecular weight is 335 g/mol. The van der Waals surface area contributed by atoms with Crippen molar-refractivity contribution < 1.29 is 4.74 Å². The number of rotatable bonds is 5. The number of benzene rings is 2. The first-order valence-electron chi connectivity index (χ1n) is 8.94. The first-order valence-corrected chi connectivity index (χ1v) is 8.94. The molecule has 25 heavy (non-hydrogen) atoms. The summed E-state index contributed by atoms with van der Waals surface area (Å²) in [5.41, 5.74) is 5.77. The Hall–Kier alpha value is -2.46. The minimum atomic E-state index is 0.279. The highest BCUT2D eigenvalue weighted by molar-refractivity contribution is 6.19. The van der Waals surface area contributed by atoms with Crippen LogP contribution in [-0.2, 0) is 0 Å². The summed E-state index contributed by atoms with van der Waals surface area (Å²) < 4.78 is 5.91. The van der Waals surface area contributed by atoms with Crippen LogP contribution in [0.4, 0.5) is 5.69 Å². The van der Waals surface area contributed by atoms with Gasteiger partial charge < -0.3 is 20.0 Å². The summed E-state index contributed by atoms with van der Waals surface area (Å²) in [5, 5.41) is 15.9. The number of unbranched alkanes of at least 4 members (excludes halogenated alkanes) is 2. The molecule has 130 valence electrons. The molecule has 3 aromatic rings. The summed E-state index contributed by atoms with van der Waals surface area (Å²) in [5.74, 6) is 0.748. The van der Waals surface area contributed by atoms with Crippen molar-refractivity contribution in [1.29, 1.82) is 0 Å². The number of hydrogen-bond acceptors (Lipinski definition) is 3. The summed E-state index contributed by atoms with van der Waals surface area (Å²) in [7, 11) is 0. The van der Waals surface area contributed by atoms with Crippen LogP contribution in [0.3, 0.4) is 0 Å². The minimum absolute atomic E-state index is 0.279. The quantitative estimate of drug-likeness (QED) is 0.624. The molecule has 0 aliphatic carbocycles. The van der Waals surface area contributed by atoms with Crippen molar-refractivity contribution in [2.24, 2.45) is 0 Å². The van der Waals surface area contributed by atoms with Gasteiger partial charge in [0, 0.05) is 35.1 Å². The average Bonchev–Trinajstić information content (AvgIpc) is 2.93. The number of hydrogen-bond donors (Lipinski definition) is 1. The maximum Gasteiger partial charge on any atom is 0.123 e. The van der Waals surface area contributed by atoms with Gasteiger partial charge in [0.25, 0.3) is 0 Å². The zero-order valence-corrected chi connectivity index (χ0v) is 14.8. The second-order valence-electron chi connectivity index (χ2n) is 6.87. The van der Waals surface area contributed by atoms with E-state index < -0.39 is 0 Å². The number of aromatic nitrogens is 1. The number of nitrogens with zero attached hydrogens (tertiary/aromatic N) is 1. The molecule has 1 aliphatic rings. The second kappa shape index (κ2) is 6.12. The number of nitrogens with one attached hydrogen (secondary N) is 1. The molecule has 0 radical (unpaired) electrons. The third kappa shape index (κ3) is 2.57. The highest BCUT2D eigenvalue weighted by Gasteiger charge is 2.21. The van der Waals surface area contributed by atoms with Crippen LogP contribution in [0.25, 0.3) is 27.4 Å². The molecule has 0 saturated heterocycles. The zero-order valence-electron chi connectivity index (χ0n) is 14.8. The van der Waals surface area contributed by atoms with E-state index in [0.717, 1.165) is 63.0 Å². The van der Waals surface area contributed by atoms with Crippen LogP contribution in [0, 0.1) is 12.1 Å². The topological polar surface area (TPSA) is 51.3 Å². The number of anilines is 1. The van der Waals surface area contributed by atoms with Gasteiger partial charge in [-0.1, -0.05) is 38.5 Å². The molecule has 0 unspecified atom stereocenters.